The van der Waals surface area contributed by atoms with Gasteiger partial charge in [0.2, 0.25) is 0 Å². The monoisotopic (exact) mass is 373 g/mol. The maximum atomic E-state index is 12.5. The van der Waals surface area contributed by atoms with E-state index in [4.69, 9.17) is 23.2 Å². The Morgan fingerprint density at radius 2 is 2.09 bits per heavy atom. The molecule has 1 fully saturated rings. The third-order valence-electron chi connectivity index (χ3n) is 3.34. The van der Waals surface area contributed by atoms with Crippen LogP contribution in [0.3, 0.4) is 0 Å². The minimum absolute atomic E-state index is 0.0131. The van der Waals surface area contributed by atoms with Crippen LogP contribution < -0.4 is 10.1 Å². The number of nitrogens with one attached hydrogen (secondary N) is 1. The van der Waals surface area contributed by atoms with Crippen molar-refractivity contribution < 1.29 is 21.9 Å². The molecule has 9 heteroatoms. The van der Waals surface area contributed by atoms with Gasteiger partial charge in [0, 0.05) is 23.2 Å². The summed E-state index contributed by atoms with van der Waals surface area (Å²) in [6.45, 7) is -2.87. The van der Waals surface area contributed by atoms with Crippen LogP contribution in [0.1, 0.15) is 18.4 Å². The summed E-state index contributed by atoms with van der Waals surface area (Å²) in [5.74, 6) is 0.0764. The number of hydrogen-bond acceptors (Lipinski definition) is 4. The number of benzene rings is 1. The molecule has 1 aromatic rings. The fraction of sp³-hybridized carbons (Fsp3) is 0.538. The number of alkyl halides is 2. The van der Waals surface area contributed by atoms with Gasteiger partial charge in [-0.3, -0.25) is 0 Å². The Kier molecular flexibility index (Phi) is 5.87. The molecule has 0 aliphatic carbocycles. The van der Waals surface area contributed by atoms with Crippen LogP contribution >= 0.6 is 23.2 Å². The maximum Gasteiger partial charge on any atom is 0.387 e. The third kappa shape index (κ3) is 4.94. The van der Waals surface area contributed by atoms with Crippen molar-refractivity contribution in [3.8, 4) is 5.75 Å². The van der Waals surface area contributed by atoms with Gasteiger partial charge in [-0.1, -0.05) is 23.2 Å². The van der Waals surface area contributed by atoms with Crippen molar-refractivity contribution in [2.24, 2.45) is 0 Å². The highest BCUT2D eigenvalue weighted by Gasteiger charge is 2.25. The Morgan fingerprint density at radius 1 is 1.36 bits per heavy atom. The fourth-order valence-electron chi connectivity index (χ4n) is 2.40. The van der Waals surface area contributed by atoms with Gasteiger partial charge in [0.05, 0.1) is 16.5 Å². The number of ether oxygens (including phenoxy) is 1. The van der Waals surface area contributed by atoms with Gasteiger partial charge in [-0.05, 0) is 25.0 Å². The number of hydrogen-bond donors (Lipinski definition) is 1. The summed E-state index contributed by atoms with van der Waals surface area (Å²) in [6.07, 6.45) is 1.29. The summed E-state index contributed by atoms with van der Waals surface area (Å²) in [5.41, 5.74) is 0.362. The number of rotatable bonds is 5. The van der Waals surface area contributed by atoms with Crippen molar-refractivity contribution in [1.82, 2.24) is 5.32 Å². The molecule has 1 atom stereocenters. The lowest BCUT2D eigenvalue weighted by atomic mass is 10.1. The molecule has 1 heterocycles. The minimum Gasteiger partial charge on any atom is -0.433 e. The molecule has 0 unspecified atom stereocenters. The molecule has 1 aromatic carbocycles. The third-order valence-corrected chi connectivity index (χ3v) is 5.66. The van der Waals surface area contributed by atoms with E-state index in [1.54, 1.807) is 0 Å². The van der Waals surface area contributed by atoms with E-state index >= 15 is 0 Å². The molecular formula is C13H15Cl2F2NO3S. The first-order chi connectivity index (χ1) is 10.3. The lowest BCUT2D eigenvalue weighted by Crippen LogP contribution is -2.39. The second-order valence-corrected chi connectivity index (χ2v) is 8.16. The molecule has 1 aliphatic rings. The van der Waals surface area contributed by atoms with Crippen LogP contribution in [0.5, 0.6) is 5.75 Å². The molecule has 0 aromatic heterocycles. The van der Waals surface area contributed by atoms with Crippen LogP contribution in [0, 0.1) is 0 Å². The van der Waals surface area contributed by atoms with Gasteiger partial charge in [-0.2, -0.15) is 8.78 Å². The largest absolute Gasteiger partial charge is 0.433 e. The van der Waals surface area contributed by atoms with Crippen molar-refractivity contribution in [3.63, 3.8) is 0 Å². The smallest absolute Gasteiger partial charge is 0.387 e. The molecule has 4 nitrogen and oxygen atoms in total. The van der Waals surface area contributed by atoms with E-state index in [-0.39, 0.29) is 34.9 Å². The Bertz CT molecular complexity index is 640. The second kappa shape index (κ2) is 7.29. The molecule has 124 valence electrons. The van der Waals surface area contributed by atoms with E-state index in [0.29, 0.717) is 23.4 Å². The van der Waals surface area contributed by atoms with Gasteiger partial charge < -0.3 is 10.1 Å². The number of sulfone groups is 1. The van der Waals surface area contributed by atoms with Gasteiger partial charge in [0.25, 0.3) is 0 Å². The zero-order valence-electron chi connectivity index (χ0n) is 11.5. The van der Waals surface area contributed by atoms with Gasteiger partial charge in [0.15, 0.2) is 9.84 Å². The normalized spacial score (nSPS) is 21.0. The van der Waals surface area contributed by atoms with Crippen molar-refractivity contribution in [2.45, 2.75) is 32.0 Å². The van der Waals surface area contributed by atoms with Gasteiger partial charge in [0.1, 0.15) is 5.75 Å². The lowest BCUT2D eigenvalue weighted by molar-refractivity contribution is -0.0504. The predicted molar refractivity (Wildman–Crippen MR) is 81.6 cm³/mol. The van der Waals surface area contributed by atoms with Crippen LogP contribution in [-0.2, 0) is 16.4 Å². The summed E-state index contributed by atoms with van der Waals surface area (Å²) in [4.78, 5) is 0. The van der Waals surface area contributed by atoms with E-state index in [1.807, 2.05) is 0 Å². The molecule has 1 N–H and O–H groups in total. The molecule has 0 saturated carbocycles. The van der Waals surface area contributed by atoms with Crippen molar-refractivity contribution >= 4 is 33.0 Å². The minimum atomic E-state index is -3.05. The molecule has 0 spiro atoms. The second-order valence-electron chi connectivity index (χ2n) is 5.09. The van der Waals surface area contributed by atoms with Gasteiger partial charge in [-0.25, -0.2) is 8.42 Å². The van der Waals surface area contributed by atoms with E-state index in [1.165, 1.54) is 12.1 Å². The SMILES string of the molecule is O=S1(=O)CCC[C@H](NCc2cc(Cl)cc(Cl)c2OC(F)F)C1. The van der Waals surface area contributed by atoms with E-state index in [0.717, 1.165) is 0 Å². The van der Waals surface area contributed by atoms with Crippen molar-refractivity contribution in [1.29, 1.82) is 0 Å². The van der Waals surface area contributed by atoms with Crippen LogP contribution in [0.2, 0.25) is 10.0 Å². The van der Waals surface area contributed by atoms with Gasteiger partial charge >= 0.3 is 6.61 Å². The van der Waals surface area contributed by atoms with E-state index in [9.17, 15) is 17.2 Å². The topological polar surface area (TPSA) is 55.4 Å². The quantitative estimate of drug-likeness (QED) is 0.860. The van der Waals surface area contributed by atoms with Gasteiger partial charge in [-0.15, -0.1) is 0 Å². The Balaban J connectivity index is 2.11. The van der Waals surface area contributed by atoms with Crippen LogP contribution in [0.25, 0.3) is 0 Å². The summed E-state index contributed by atoms with van der Waals surface area (Å²) < 4.78 is 52.5. The highest BCUT2D eigenvalue weighted by atomic mass is 35.5. The van der Waals surface area contributed by atoms with Crippen LogP contribution in [-0.4, -0.2) is 32.6 Å². The molecule has 1 saturated heterocycles. The first-order valence-electron chi connectivity index (χ1n) is 6.63. The fourth-order valence-corrected chi connectivity index (χ4v) is 4.65. The summed E-state index contributed by atoms with van der Waals surface area (Å²) in [6, 6.07) is 2.56. The molecule has 1 aliphatic heterocycles. The van der Waals surface area contributed by atoms with Crippen LogP contribution in [0.15, 0.2) is 12.1 Å². The summed E-state index contributed by atoms with van der Waals surface area (Å²) >= 11 is 11.8. The number of halogens is 4. The zero-order chi connectivity index (χ0) is 16.3. The van der Waals surface area contributed by atoms with Crippen LogP contribution in [0.4, 0.5) is 8.78 Å². The van der Waals surface area contributed by atoms with Crippen molar-refractivity contribution in [3.05, 3.63) is 27.7 Å². The molecular weight excluding hydrogens is 359 g/mol. The first-order valence-corrected chi connectivity index (χ1v) is 9.21. The average molecular weight is 374 g/mol. The van der Waals surface area contributed by atoms with Crippen molar-refractivity contribution in [2.75, 3.05) is 11.5 Å². The highest BCUT2D eigenvalue weighted by molar-refractivity contribution is 7.91. The first kappa shape index (κ1) is 17.7. The molecule has 22 heavy (non-hydrogen) atoms. The summed E-state index contributed by atoms with van der Waals surface area (Å²) in [5, 5.41) is 3.32. The maximum absolute atomic E-state index is 12.5. The Hall–Kier alpha value is -0.630. The predicted octanol–water partition coefficient (Wildman–Crippen LogP) is 3.26. The Labute approximate surface area is 137 Å². The standard InChI is InChI=1S/C13H15Cl2F2NO3S/c14-9-4-8(12(11(15)5-9)21-13(16)17)6-18-10-2-1-3-22(19,20)7-10/h4-5,10,13,18H,1-3,6-7H2/t10-/m0/s1. The molecule has 2 rings (SSSR count). The molecule has 0 radical (unpaired) electrons. The zero-order valence-corrected chi connectivity index (χ0v) is 13.8. The molecule has 0 amide bonds. The molecule has 0 bridgehead atoms. The van der Waals surface area contributed by atoms with E-state index < -0.39 is 16.4 Å². The lowest BCUT2D eigenvalue weighted by Gasteiger charge is -2.23. The Morgan fingerprint density at radius 3 is 2.73 bits per heavy atom. The average Bonchev–Trinajstić information content (AvgIpc) is 2.38. The van der Waals surface area contributed by atoms with E-state index in [2.05, 4.69) is 10.1 Å². The highest BCUT2D eigenvalue weighted by Crippen LogP contribution is 2.33. The summed E-state index contributed by atoms with van der Waals surface area (Å²) in [7, 11) is -3.05.